The molecule has 2 atom stereocenters. The van der Waals surface area contributed by atoms with Gasteiger partial charge in [0.25, 0.3) is 0 Å². The van der Waals surface area contributed by atoms with Gasteiger partial charge in [-0.2, -0.15) is 0 Å². The van der Waals surface area contributed by atoms with Gasteiger partial charge < -0.3 is 30.7 Å². The van der Waals surface area contributed by atoms with Gasteiger partial charge in [0.05, 0.1) is 14.2 Å². The molecule has 8 bridgehead atoms. The van der Waals surface area contributed by atoms with E-state index in [4.69, 9.17) is 9.47 Å². The molecule has 4 N–H and O–H groups in total. The van der Waals surface area contributed by atoms with Crippen LogP contribution in [0.25, 0.3) is 0 Å². The van der Waals surface area contributed by atoms with E-state index in [1.807, 2.05) is 13.8 Å². The second-order valence-corrected chi connectivity index (χ2v) is 16.8. The smallest absolute Gasteiger partial charge is 0.328 e. The fraction of sp³-hybridized carbons (Fsp3) is 0.744. The molecule has 0 aliphatic heterocycles. The third kappa shape index (κ3) is 8.73. The Morgan fingerprint density at radius 3 is 1.50 bits per heavy atom. The summed E-state index contributed by atoms with van der Waals surface area (Å²) in [6.07, 6.45) is 13.5. The SMILES string of the molecule is COC(=O)[C@@H](Cc1cccc(F)c1)NC(=O)NC1C2CC3CC(C2)CC1C3.COC(=O)[C@H](CC(C)C)NC(=O)NC1C2CC3CC(C2)CC1C3. The monoisotopic (exact) mass is 696 g/mol. The fourth-order valence-electron chi connectivity index (χ4n) is 11.1. The van der Waals surface area contributed by atoms with Crippen LogP contribution in [0.2, 0.25) is 0 Å². The molecule has 0 heterocycles. The number of rotatable bonds is 10. The molecule has 1 aromatic carbocycles. The largest absolute Gasteiger partial charge is 0.467 e. The van der Waals surface area contributed by atoms with E-state index in [0.29, 0.717) is 47.6 Å². The number of hydrogen-bond donors (Lipinski definition) is 4. The Kier molecular flexibility index (Phi) is 11.6. The van der Waals surface area contributed by atoms with E-state index in [2.05, 4.69) is 21.3 Å². The molecule has 276 valence electrons. The lowest BCUT2D eigenvalue weighted by atomic mass is 9.54. The van der Waals surface area contributed by atoms with Crippen molar-refractivity contribution in [3.63, 3.8) is 0 Å². The number of benzene rings is 1. The summed E-state index contributed by atoms with van der Waals surface area (Å²) < 4.78 is 23.1. The van der Waals surface area contributed by atoms with E-state index in [0.717, 1.165) is 23.7 Å². The standard InChI is InChI=1S/C21H27FN2O3.C18H30N2O3/c1-27-20(25)18(11-12-3-2-4-17(22)10-12)23-21(26)24-19-15-6-13-5-14(8-15)9-16(19)7-13;1-10(2)4-15(17(21)23-3)19-18(22)20-16-13-6-11-5-12(8-13)9-14(16)7-11/h2-4,10,13-16,18-19H,5-9,11H2,1H3,(H2,23,24,26);10-16H,4-9H2,1-3H3,(H2,19,20,22)/t13?,14?,15?,16?,18-,19?;11?,12?,13?,14?,15-,16?/m10/s1. The van der Waals surface area contributed by atoms with Crippen molar-refractivity contribution in [2.75, 3.05) is 14.2 Å². The molecule has 8 fully saturated rings. The average molecular weight is 697 g/mol. The van der Waals surface area contributed by atoms with Crippen LogP contribution < -0.4 is 21.3 Å². The van der Waals surface area contributed by atoms with Crippen molar-refractivity contribution >= 4 is 24.0 Å². The molecule has 0 radical (unpaired) electrons. The molecule has 11 heteroatoms. The van der Waals surface area contributed by atoms with Crippen molar-refractivity contribution in [2.45, 2.75) is 115 Å². The molecule has 4 amide bonds. The van der Waals surface area contributed by atoms with Crippen molar-refractivity contribution in [1.82, 2.24) is 21.3 Å². The Balaban J connectivity index is 0.000000175. The predicted molar refractivity (Wildman–Crippen MR) is 186 cm³/mol. The van der Waals surface area contributed by atoms with Crippen LogP contribution in [0.4, 0.5) is 14.0 Å². The summed E-state index contributed by atoms with van der Waals surface area (Å²) >= 11 is 0. The first-order valence-electron chi connectivity index (χ1n) is 19.0. The van der Waals surface area contributed by atoms with E-state index in [-0.39, 0.29) is 36.3 Å². The predicted octanol–water partition coefficient (Wildman–Crippen LogP) is 5.73. The van der Waals surface area contributed by atoms with Gasteiger partial charge in [-0.3, -0.25) is 0 Å². The zero-order chi connectivity index (χ0) is 35.5. The number of esters is 2. The van der Waals surface area contributed by atoms with E-state index >= 15 is 0 Å². The molecule has 0 spiro atoms. The van der Waals surface area contributed by atoms with Gasteiger partial charge in [0.2, 0.25) is 0 Å². The molecule has 0 aromatic heterocycles. The molecule has 10 nitrogen and oxygen atoms in total. The van der Waals surface area contributed by atoms with Crippen LogP contribution in [0.1, 0.15) is 90.0 Å². The van der Waals surface area contributed by atoms with E-state index in [9.17, 15) is 23.6 Å². The second-order valence-electron chi connectivity index (χ2n) is 16.8. The molecule has 0 saturated heterocycles. The van der Waals surface area contributed by atoms with Crippen LogP contribution in [-0.4, -0.2) is 62.4 Å². The minimum atomic E-state index is -0.839. The number of hydrogen-bond acceptors (Lipinski definition) is 6. The number of carbonyl (C=O) groups excluding carboxylic acids is 4. The van der Waals surface area contributed by atoms with Gasteiger partial charge in [-0.1, -0.05) is 26.0 Å². The highest BCUT2D eigenvalue weighted by molar-refractivity contribution is 5.84. The number of methoxy groups -OCH3 is 2. The average Bonchev–Trinajstić information content (AvgIpc) is 3.06. The van der Waals surface area contributed by atoms with E-state index in [1.165, 1.54) is 90.6 Å². The van der Waals surface area contributed by atoms with Gasteiger partial charge in [-0.15, -0.1) is 0 Å². The maximum atomic E-state index is 13.4. The molecule has 9 rings (SSSR count). The third-order valence-corrected chi connectivity index (χ3v) is 12.7. The van der Waals surface area contributed by atoms with Crippen LogP contribution in [0, 0.1) is 59.1 Å². The van der Waals surface area contributed by atoms with E-state index < -0.39 is 18.1 Å². The minimum absolute atomic E-state index is 0.194. The lowest BCUT2D eigenvalue weighted by Gasteiger charge is -2.54. The lowest BCUT2D eigenvalue weighted by molar-refractivity contribution is -0.143. The zero-order valence-corrected chi connectivity index (χ0v) is 30.1. The van der Waals surface area contributed by atoms with Crippen molar-refractivity contribution in [2.24, 2.45) is 53.3 Å². The summed E-state index contributed by atoms with van der Waals surface area (Å²) in [6.45, 7) is 4.07. The topological polar surface area (TPSA) is 135 Å². The van der Waals surface area contributed by atoms with Crippen LogP contribution in [0.3, 0.4) is 0 Å². The molecule has 50 heavy (non-hydrogen) atoms. The number of urea groups is 2. The summed E-state index contributed by atoms with van der Waals surface area (Å²) in [5.41, 5.74) is 0.639. The second kappa shape index (κ2) is 15.9. The van der Waals surface area contributed by atoms with Gasteiger partial charge in [-0.25, -0.2) is 23.6 Å². The molecule has 8 aliphatic rings. The number of nitrogens with one attached hydrogen (secondary N) is 4. The first-order valence-corrected chi connectivity index (χ1v) is 19.0. The molecule has 8 aliphatic carbocycles. The zero-order valence-electron chi connectivity index (χ0n) is 30.1. The summed E-state index contributed by atoms with van der Waals surface area (Å²) in [5, 5.41) is 11.9. The maximum Gasteiger partial charge on any atom is 0.328 e. The summed E-state index contributed by atoms with van der Waals surface area (Å²) in [6, 6.07) is 4.59. The summed E-state index contributed by atoms with van der Waals surface area (Å²) in [7, 11) is 2.66. The van der Waals surface area contributed by atoms with Crippen LogP contribution in [-0.2, 0) is 25.5 Å². The summed E-state index contributed by atoms with van der Waals surface area (Å²) in [5.74, 6) is 4.92. The Hall–Kier alpha value is -3.37. The Bertz CT molecular complexity index is 1330. The van der Waals surface area contributed by atoms with Gasteiger partial charge in [0.15, 0.2) is 0 Å². The number of halogens is 1. The van der Waals surface area contributed by atoms with Crippen molar-refractivity contribution in [3.8, 4) is 0 Å². The molecular weight excluding hydrogens is 639 g/mol. The quantitative estimate of drug-likeness (QED) is 0.231. The van der Waals surface area contributed by atoms with Crippen molar-refractivity contribution in [3.05, 3.63) is 35.6 Å². The Labute approximate surface area is 296 Å². The summed E-state index contributed by atoms with van der Waals surface area (Å²) in [4.78, 5) is 49.0. The van der Waals surface area contributed by atoms with E-state index in [1.54, 1.807) is 12.1 Å². The Morgan fingerprint density at radius 1 is 0.680 bits per heavy atom. The van der Waals surface area contributed by atoms with Crippen molar-refractivity contribution in [1.29, 1.82) is 0 Å². The normalized spacial score (nSPS) is 33.8. The highest BCUT2D eigenvalue weighted by Crippen LogP contribution is 2.54. The van der Waals surface area contributed by atoms with Gasteiger partial charge in [-0.05, 0) is 142 Å². The van der Waals surface area contributed by atoms with Gasteiger partial charge in [0, 0.05) is 18.5 Å². The number of amides is 4. The molecule has 1 aromatic rings. The van der Waals surface area contributed by atoms with Crippen LogP contribution >= 0.6 is 0 Å². The number of carbonyl (C=O) groups is 4. The lowest BCUT2D eigenvalue weighted by Crippen LogP contribution is -2.59. The van der Waals surface area contributed by atoms with Crippen LogP contribution in [0.5, 0.6) is 0 Å². The first-order chi connectivity index (χ1) is 24.0. The highest BCUT2D eigenvalue weighted by Gasteiger charge is 2.50. The first kappa shape index (κ1) is 36.4. The van der Waals surface area contributed by atoms with Crippen LogP contribution in [0.15, 0.2) is 24.3 Å². The molecular formula is C39H57FN4O6. The number of ether oxygens (including phenoxy) is 2. The molecule has 8 saturated carbocycles. The van der Waals surface area contributed by atoms with Crippen molar-refractivity contribution < 1.29 is 33.0 Å². The fourth-order valence-corrected chi connectivity index (χ4v) is 11.1. The highest BCUT2D eigenvalue weighted by atomic mass is 19.1. The minimum Gasteiger partial charge on any atom is -0.467 e. The Morgan fingerprint density at radius 2 is 1.10 bits per heavy atom. The van der Waals surface area contributed by atoms with Gasteiger partial charge >= 0.3 is 24.0 Å². The maximum absolute atomic E-state index is 13.4. The van der Waals surface area contributed by atoms with Gasteiger partial charge in [0.1, 0.15) is 17.9 Å². The molecule has 0 unspecified atom stereocenters. The third-order valence-electron chi connectivity index (χ3n) is 12.7.